The van der Waals surface area contributed by atoms with Crippen LogP contribution in [0.15, 0.2) is 24.3 Å². The van der Waals surface area contributed by atoms with E-state index < -0.39 is 0 Å². The largest absolute Gasteiger partial charge is 0.317 e. The van der Waals surface area contributed by atoms with Crippen molar-refractivity contribution in [1.82, 2.24) is 5.32 Å². The van der Waals surface area contributed by atoms with Gasteiger partial charge >= 0.3 is 0 Å². The molecular weight excluding hydrogens is 197 g/mol. The van der Waals surface area contributed by atoms with Gasteiger partial charge in [0, 0.05) is 12.3 Å². The highest BCUT2D eigenvalue weighted by Crippen LogP contribution is 2.15. The summed E-state index contributed by atoms with van der Waals surface area (Å²) in [6.45, 7) is 1.92. The van der Waals surface area contributed by atoms with Crippen LogP contribution in [0, 0.1) is 5.92 Å². The van der Waals surface area contributed by atoms with Crippen molar-refractivity contribution in [2.75, 3.05) is 13.1 Å². The Bertz CT molecular complexity index is 372. The lowest BCUT2D eigenvalue weighted by Crippen LogP contribution is -2.33. The fourth-order valence-electron chi connectivity index (χ4n) is 2.17. The van der Waals surface area contributed by atoms with E-state index in [0.717, 1.165) is 37.0 Å². The summed E-state index contributed by atoms with van der Waals surface area (Å²) < 4.78 is 0. The van der Waals surface area contributed by atoms with Crippen molar-refractivity contribution < 1.29 is 4.79 Å². The number of carbonyl (C=O) groups is 1. The molecule has 0 unspecified atom stereocenters. The Morgan fingerprint density at radius 2 is 2.00 bits per heavy atom. The molecule has 0 bridgehead atoms. The smallest absolute Gasteiger partial charge is 0.140 e. The number of ketones is 1. The first-order valence-corrected chi connectivity index (χ1v) is 5.84. The minimum Gasteiger partial charge on any atom is -0.317 e. The standard InChI is InChI=1S/C13H16BNO/c14-12-4-2-1-3-11(12)9-13(16)10-5-7-15-8-6-10/h1-4,10,15H,5-9H2. The molecule has 1 aromatic carbocycles. The average molecular weight is 213 g/mol. The number of Topliss-reactive ketones (excluding diaryl/α,β-unsaturated/α-hetero) is 1. The van der Waals surface area contributed by atoms with Crippen molar-refractivity contribution in [3.8, 4) is 0 Å². The van der Waals surface area contributed by atoms with Crippen molar-refractivity contribution in [1.29, 1.82) is 0 Å². The molecule has 1 aromatic rings. The number of nitrogens with one attached hydrogen (secondary N) is 1. The van der Waals surface area contributed by atoms with Crippen LogP contribution >= 0.6 is 0 Å². The summed E-state index contributed by atoms with van der Waals surface area (Å²) in [6.07, 6.45) is 2.41. The van der Waals surface area contributed by atoms with E-state index in [-0.39, 0.29) is 5.92 Å². The van der Waals surface area contributed by atoms with Crippen LogP contribution in [0.4, 0.5) is 0 Å². The van der Waals surface area contributed by atoms with Crippen molar-refractivity contribution in [2.24, 2.45) is 5.92 Å². The SMILES string of the molecule is [B]c1ccccc1CC(=O)C1CCNCC1. The molecule has 2 radical (unpaired) electrons. The number of rotatable bonds is 3. The van der Waals surface area contributed by atoms with Gasteiger partial charge in [-0.15, -0.1) is 0 Å². The second kappa shape index (κ2) is 5.31. The molecule has 1 saturated heterocycles. The fourth-order valence-corrected chi connectivity index (χ4v) is 2.17. The number of hydrogen-bond acceptors (Lipinski definition) is 2. The Balaban J connectivity index is 1.99. The predicted octanol–water partition coefficient (Wildman–Crippen LogP) is 0.592. The topological polar surface area (TPSA) is 29.1 Å². The molecule has 82 valence electrons. The van der Waals surface area contributed by atoms with Gasteiger partial charge in [0.15, 0.2) is 0 Å². The van der Waals surface area contributed by atoms with Gasteiger partial charge < -0.3 is 5.32 Å². The molecule has 0 spiro atoms. The monoisotopic (exact) mass is 213 g/mol. The molecule has 1 fully saturated rings. The zero-order chi connectivity index (χ0) is 11.4. The molecule has 0 aliphatic carbocycles. The van der Waals surface area contributed by atoms with E-state index in [1.807, 2.05) is 24.3 Å². The Morgan fingerprint density at radius 1 is 1.31 bits per heavy atom. The average Bonchev–Trinajstić information content (AvgIpc) is 2.33. The van der Waals surface area contributed by atoms with Crippen molar-refractivity contribution in [2.45, 2.75) is 19.3 Å². The second-order valence-corrected chi connectivity index (χ2v) is 4.37. The van der Waals surface area contributed by atoms with Gasteiger partial charge in [-0.25, -0.2) is 0 Å². The lowest BCUT2D eigenvalue weighted by molar-refractivity contribution is -0.122. The first kappa shape index (κ1) is 11.4. The summed E-state index contributed by atoms with van der Waals surface area (Å²) in [5, 5.41) is 3.27. The number of piperidine rings is 1. The minimum absolute atomic E-state index is 0.223. The van der Waals surface area contributed by atoms with Crippen LogP contribution in [-0.4, -0.2) is 26.7 Å². The van der Waals surface area contributed by atoms with E-state index in [1.165, 1.54) is 0 Å². The second-order valence-electron chi connectivity index (χ2n) is 4.37. The highest BCUT2D eigenvalue weighted by atomic mass is 16.1. The third kappa shape index (κ3) is 2.73. The number of carbonyl (C=O) groups excluding carboxylic acids is 1. The first-order chi connectivity index (χ1) is 7.77. The van der Waals surface area contributed by atoms with E-state index in [4.69, 9.17) is 7.85 Å². The van der Waals surface area contributed by atoms with Gasteiger partial charge in [-0.3, -0.25) is 4.79 Å². The molecular formula is C13H16BNO. The molecule has 1 heterocycles. The van der Waals surface area contributed by atoms with Crippen LogP contribution in [0.2, 0.25) is 0 Å². The lowest BCUT2D eigenvalue weighted by atomic mass is 9.84. The summed E-state index contributed by atoms with van der Waals surface area (Å²) in [7, 11) is 5.83. The van der Waals surface area contributed by atoms with E-state index in [1.54, 1.807) is 0 Å². The van der Waals surface area contributed by atoms with Crippen molar-refractivity contribution >= 4 is 19.1 Å². The summed E-state index contributed by atoms with van der Waals surface area (Å²) in [6, 6.07) is 7.62. The molecule has 0 amide bonds. The van der Waals surface area contributed by atoms with Crippen molar-refractivity contribution in [3.63, 3.8) is 0 Å². The Labute approximate surface area is 97.8 Å². The van der Waals surface area contributed by atoms with E-state index in [0.29, 0.717) is 12.2 Å². The molecule has 2 rings (SSSR count). The van der Waals surface area contributed by atoms with Crippen LogP contribution in [0.5, 0.6) is 0 Å². The number of benzene rings is 1. The van der Waals surface area contributed by atoms with Gasteiger partial charge in [0.1, 0.15) is 13.6 Å². The van der Waals surface area contributed by atoms with Gasteiger partial charge in [0.05, 0.1) is 0 Å². The summed E-state index contributed by atoms with van der Waals surface area (Å²) in [4.78, 5) is 12.0. The quantitative estimate of drug-likeness (QED) is 0.744. The molecule has 1 aliphatic heterocycles. The number of hydrogen-bond donors (Lipinski definition) is 1. The van der Waals surface area contributed by atoms with Crippen LogP contribution in [0.1, 0.15) is 18.4 Å². The maximum Gasteiger partial charge on any atom is 0.140 e. The van der Waals surface area contributed by atoms with Gasteiger partial charge in [-0.1, -0.05) is 29.7 Å². The fraction of sp³-hybridized carbons (Fsp3) is 0.462. The van der Waals surface area contributed by atoms with E-state index in [2.05, 4.69) is 5.32 Å². The van der Waals surface area contributed by atoms with Gasteiger partial charge in [0.25, 0.3) is 0 Å². The summed E-state index contributed by atoms with van der Waals surface area (Å²) in [5.41, 5.74) is 1.69. The molecule has 1 N–H and O–H groups in total. The third-order valence-corrected chi connectivity index (χ3v) is 3.21. The molecule has 0 saturated carbocycles. The van der Waals surface area contributed by atoms with Crippen LogP contribution in [0.3, 0.4) is 0 Å². The molecule has 1 aliphatic rings. The van der Waals surface area contributed by atoms with Gasteiger partial charge in [0.2, 0.25) is 0 Å². The Hall–Kier alpha value is -1.09. The zero-order valence-corrected chi connectivity index (χ0v) is 9.41. The summed E-state index contributed by atoms with van der Waals surface area (Å²) >= 11 is 0. The lowest BCUT2D eigenvalue weighted by Gasteiger charge is -2.21. The van der Waals surface area contributed by atoms with Crippen LogP contribution in [0.25, 0.3) is 0 Å². The van der Waals surface area contributed by atoms with Crippen LogP contribution in [-0.2, 0) is 11.2 Å². The Morgan fingerprint density at radius 3 is 2.69 bits per heavy atom. The maximum atomic E-state index is 12.0. The molecule has 16 heavy (non-hydrogen) atoms. The molecule has 0 aromatic heterocycles. The predicted molar refractivity (Wildman–Crippen MR) is 66.1 cm³/mol. The summed E-state index contributed by atoms with van der Waals surface area (Å²) in [5.74, 6) is 0.556. The van der Waals surface area contributed by atoms with Gasteiger partial charge in [-0.05, 0) is 31.5 Å². The van der Waals surface area contributed by atoms with Gasteiger partial charge in [-0.2, -0.15) is 0 Å². The highest BCUT2D eigenvalue weighted by molar-refractivity contribution is 6.33. The van der Waals surface area contributed by atoms with E-state index in [9.17, 15) is 4.79 Å². The molecule has 3 heteroatoms. The van der Waals surface area contributed by atoms with Crippen LogP contribution < -0.4 is 10.8 Å². The van der Waals surface area contributed by atoms with Crippen molar-refractivity contribution in [3.05, 3.63) is 29.8 Å². The molecule has 0 atom stereocenters. The minimum atomic E-state index is 0.223. The maximum absolute atomic E-state index is 12.0. The van der Waals surface area contributed by atoms with E-state index >= 15 is 0 Å². The normalized spacial score (nSPS) is 17.2. The molecule has 2 nitrogen and oxygen atoms in total. The third-order valence-electron chi connectivity index (χ3n) is 3.21. The highest BCUT2D eigenvalue weighted by Gasteiger charge is 2.20. The zero-order valence-electron chi connectivity index (χ0n) is 9.41. The Kier molecular flexibility index (Phi) is 3.78. The first-order valence-electron chi connectivity index (χ1n) is 5.84.